The van der Waals surface area contributed by atoms with E-state index in [1.807, 2.05) is 18.2 Å². The molecule has 0 spiro atoms. The maximum atomic E-state index is 13.1. The second-order valence-corrected chi connectivity index (χ2v) is 9.01. The van der Waals surface area contributed by atoms with E-state index in [0.717, 1.165) is 44.5 Å². The van der Waals surface area contributed by atoms with E-state index < -0.39 is 0 Å². The Balaban J connectivity index is 0.00000256. The number of esters is 1. The highest BCUT2D eigenvalue weighted by molar-refractivity contribution is 5.90. The molecule has 2 saturated carbocycles. The summed E-state index contributed by atoms with van der Waals surface area (Å²) in [4.78, 5) is 26.9. The van der Waals surface area contributed by atoms with Crippen LogP contribution in [0.1, 0.15) is 55.3 Å². The number of nitrogens with two attached hydrogens (primary N) is 1. The number of amides is 1. The summed E-state index contributed by atoms with van der Waals surface area (Å²) >= 11 is 0. The molecule has 3 fully saturated rings. The van der Waals surface area contributed by atoms with E-state index >= 15 is 0 Å². The highest BCUT2D eigenvalue weighted by Gasteiger charge is 2.42. The first-order chi connectivity index (χ1) is 14.0. The van der Waals surface area contributed by atoms with Crippen molar-refractivity contribution in [3.05, 3.63) is 29.8 Å². The van der Waals surface area contributed by atoms with Gasteiger partial charge in [-0.15, -0.1) is 12.4 Å². The van der Waals surface area contributed by atoms with Gasteiger partial charge >= 0.3 is 5.97 Å². The Labute approximate surface area is 185 Å². The quantitative estimate of drug-likeness (QED) is 0.707. The number of benzene rings is 1. The molecule has 2 atom stereocenters. The summed E-state index contributed by atoms with van der Waals surface area (Å²) in [6.45, 7) is 1.59. The molecule has 2 unspecified atom stereocenters. The Morgan fingerprint density at radius 3 is 2.40 bits per heavy atom. The summed E-state index contributed by atoms with van der Waals surface area (Å²) < 4.78 is 4.79. The highest BCUT2D eigenvalue weighted by Crippen LogP contribution is 2.42. The fourth-order valence-electron chi connectivity index (χ4n) is 5.58. The third kappa shape index (κ3) is 4.92. The standard InChI is InChI=1S/C23H33N3O3.ClH/c1-29-23(28)17-6-3-7-20(14-17)25-19-8-10-26(11-9-19)22(27)18-12-15-4-2-5-16(13-18)21(15)24;/h3,6-7,14-16,18-19,21,25H,2,4-5,8-13,24H2,1H3;1H. The van der Waals surface area contributed by atoms with Crippen molar-refractivity contribution in [3.8, 4) is 0 Å². The molecule has 2 bridgehead atoms. The molecule has 4 rings (SSSR count). The zero-order valence-electron chi connectivity index (χ0n) is 17.7. The lowest BCUT2D eigenvalue weighted by atomic mass is 9.65. The van der Waals surface area contributed by atoms with E-state index in [4.69, 9.17) is 10.5 Å². The molecular weight excluding hydrogens is 402 g/mol. The van der Waals surface area contributed by atoms with E-state index in [0.29, 0.717) is 35.4 Å². The van der Waals surface area contributed by atoms with Crippen LogP contribution in [0.15, 0.2) is 24.3 Å². The molecule has 7 heteroatoms. The summed E-state index contributed by atoms with van der Waals surface area (Å²) in [6, 6.07) is 8.03. The first-order valence-electron chi connectivity index (χ1n) is 11.0. The highest BCUT2D eigenvalue weighted by atomic mass is 35.5. The zero-order valence-corrected chi connectivity index (χ0v) is 18.5. The van der Waals surface area contributed by atoms with Crippen LogP contribution in [0.3, 0.4) is 0 Å². The Kier molecular flexibility index (Phi) is 7.64. The van der Waals surface area contributed by atoms with Crippen LogP contribution in [0.25, 0.3) is 0 Å². The van der Waals surface area contributed by atoms with Gasteiger partial charge in [-0.05, 0) is 68.6 Å². The van der Waals surface area contributed by atoms with Gasteiger partial charge in [-0.1, -0.05) is 12.5 Å². The van der Waals surface area contributed by atoms with Crippen LogP contribution in [0.4, 0.5) is 5.69 Å². The molecular formula is C23H34ClN3O3. The number of rotatable bonds is 4. The summed E-state index contributed by atoms with van der Waals surface area (Å²) in [7, 11) is 1.39. The van der Waals surface area contributed by atoms with Crippen LogP contribution >= 0.6 is 12.4 Å². The van der Waals surface area contributed by atoms with Gasteiger partial charge < -0.3 is 20.7 Å². The number of hydrogen-bond acceptors (Lipinski definition) is 5. The van der Waals surface area contributed by atoms with Crippen molar-refractivity contribution < 1.29 is 14.3 Å². The molecule has 2 aliphatic carbocycles. The number of carbonyl (C=O) groups is 2. The monoisotopic (exact) mass is 435 g/mol. The molecule has 3 aliphatic rings. The maximum absolute atomic E-state index is 13.1. The van der Waals surface area contributed by atoms with E-state index in [-0.39, 0.29) is 24.3 Å². The Hall–Kier alpha value is -1.79. The first kappa shape index (κ1) is 22.9. The van der Waals surface area contributed by atoms with Crippen molar-refractivity contribution in [3.63, 3.8) is 0 Å². The van der Waals surface area contributed by atoms with E-state index in [2.05, 4.69) is 10.2 Å². The molecule has 1 aromatic carbocycles. The number of fused-ring (bicyclic) bond motifs is 2. The van der Waals surface area contributed by atoms with E-state index in [1.54, 1.807) is 6.07 Å². The van der Waals surface area contributed by atoms with Crippen molar-refractivity contribution in [1.82, 2.24) is 4.90 Å². The Morgan fingerprint density at radius 2 is 1.77 bits per heavy atom. The van der Waals surface area contributed by atoms with Crippen LogP contribution in [-0.4, -0.2) is 49.1 Å². The molecule has 166 valence electrons. The number of nitrogens with zero attached hydrogens (tertiary/aromatic N) is 1. The fourth-order valence-corrected chi connectivity index (χ4v) is 5.58. The van der Waals surface area contributed by atoms with Crippen LogP contribution in [-0.2, 0) is 9.53 Å². The molecule has 1 heterocycles. The van der Waals surface area contributed by atoms with Crippen LogP contribution in [0.2, 0.25) is 0 Å². The lowest BCUT2D eigenvalue weighted by Gasteiger charge is -2.45. The number of carbonyl (C=O) groups excluding carboxylic acids is 2. The van der Waals surface area contributed by atoms with Crippen molar-refractivity contribution >= 4 is 30.0 Å². The maximum Gasteiger partial charge on any atom is 0.337 e. The first-order valence-corrected chi connectivity index (χ1v) is 11.0. The molecule has 1 aliphatic heterocycles. The minimum absolute atomic E-state index is 0. The van der Waals surface area contributed by atoms with Gasteiger partial charge in [0.2, 0.25) is 5.91 Å². The smallest absolute Gasteiger partial charge is 0.337 e. The van der Waals surface area contributed by atoms with Gasteiger partial charge in [0, 0.05) is 36.8 Å². The van der Waals surface area contributed by atoms with Crippen molar-refractivity contribution in [2.24, 2.45) is 23.5 Å². The predicted octanol–water partition coefficient (Wildman–Crippen LogP) is 3.45. The number of halogens is 1. The predicted molar refractivity (Wildman–Crippen MR) is 120 cm³/mol. The van der Waals surface area contributed by atoms with Crippen molar-refractivity contribution in [1.29, 1.82) is 0 Å². The molecule has 0 aromatic heterocycles. The third-order valence-corrected chi connectivity index (χ3v) is 7.22. The average molecular weight is 436 g/mol. The summed E-state index contributed by atoms with van der Waals surface area (Å²) in [6.07, 6.45) is 7.47. The largest absolute Gasteiger partial charge is 0.465 e. The van der Waals surface area contributed by atoms with E-state index in [9.17, 15) is 9.59 Å². The molecule has 0 radical (unpaired) electrons. The number of methoxy groups -OCH3 is 1. The van der Waals surface area contributed by atoms with Crippen molar-refractivity contribution in [2.45, 2.75) is 57.0 Å². The van der Waals surface area contributed by atoms with Gasteiger partial charge in [0.25, 0.3) is 0 Å². The third-order valence-electron chi connectivity index (χ3n) is 7.22. The minimum atomic E-state index is -0.328. The molecule has 6 nitrogen and oxygen atoms in total. The zero-order chi connectivity index (χ0) is 20.4. The lowest BCUT2D eigenvalue weighted by Crippen LogP contribution is -2.51. The number of piperidine rings is 1. The van der Waals surface area contributed by atoms with Crippen LogP contribution in [0.5, 0.6) is 0 Å². The van der Waals surface area contributed by atoms with Crippen molar-refractivity contribution in [2.75, 3.05) is 25.5 Å². The molecule has 3 N–H and O–H groups in total. The topological polar surface area (TPSA) is 84.7 Å². The number of nitrogens with one attached hydrogen (secondary N) is 1. The molecule has 1 saturated heterocycles. The van der Waals surface area contributed by atoms with Gasteiger partial charge in [-0.25, -0.2) is 4.79 Å². The van der Waals surface area contributed by atoms with E-state index in [1.165, 1.54) is 26.4 Å². The summed E-state index contributed by atoms with van der Waals surface area (Å²) in [5.74, 6) is 1.27. The van der Waals surface area contributed by atoms with Crippen LogP contribution < -0.4 is 11.1 Å². The number of ether oxygens (including phenoxy) is 1. The fraction of sp³-hybridized carbons (Fsp3) is 0.652. The molecule has 1 aromatic rings. The normalized spacial score (nSPS) is 28.9. The second-order valence-electron chi connectivity index (χ2n) is 9.01. The second kappa shape index (κ2) is 10.0. The lowest BCUT2D eigenvalue weighted by molar-refractivity contribution is -0.139. The van der Waals surface area contributed by atoms with Gasteiger partial charge in [0.05, 0.1) is 12.7 Å². The van der Waals surface area contributed by atoms with Gasteiger partial charge in [0.15, 0.2) is 0 Å². The summed E-state index contributed by atoms with van der Waals surface area (Å²) in [5.41, 5.74) is 7.86. The van der Waals surface area contributed by atoms with Crippen LogP contribution in [0, 0.1) is 17.8 Å². The molecule has 30 heavy (non-hydrogen) atoms. The summed E-state index contributed by atoms with van der Waals surface area (Å²) in [5, 5.41) is 3.52. The number of likely N-dealkylation sites (tertiary alicyclic amines) is 1. The van der Waals surface area contributed by atoms with Gasteiger partial charge in [-0.2, -0.15) is 0 Å². The van der Waals surface area contributed by atoms with Gasteiger partial charge in [0.1, 0.15) is 0 Å². The Bertz CT molecular complexity index is 737. The number of hydrogen-bond donors (Lipinski definition) is 2. The Morgan fingerprint density at radius 1 is 1.10 bits per heavy atom. The minimum Gasteiger partial charge on any atom is -0.465 e. The SMILES string of the molecule is COC(=O)c1cccc(NC2CCN(C(=O)C3CC4CCCC(C3)C4N)CC2)c1.Cl. The number of anilines is 1. The van der Waals surface area contributed by atoms with Gasteiger partial charge in [-0.3, -0.25) is 4.79 Å². The molecule has 1 amide bonds. The average Bonchev–Trinajstić information content (AvgIpc) is 2.73.